The minimum atomic E-state index is -0.319. The van der Waals surface area contributed by atoms with E-state index in [9.17, 15) is 0 Å². The Hall–Kier alpha value is -1.91. The van der Waals surface area contributed by atoms with Crippen molar-refractivity contribution < 1.29 is 9.31 Å². The van der Waals surface area contributed by atoms with Gasteiger partial charge in [-0.25, -0.2) is 0 Å². The molecule has 0 N–H and O–H groups in total. The predicted octanol–water partition coefficient (Wildman–Crippen LogP) is 3.74. The third-order valence-corrected chi connectivity index (χ3v) is 4.58. The second-order valence-corrected chi connectivity index (χ2v) is 6.85. The van der Waals surface area contributed by atoms with E-state index >= 15 is 0 Å². The molecule has 2 aromatic rings. The number of hydrogen-bond donors (Lipinski definition) is 0. The highest BCUT2D eigenvalue weighted by atomic mass is 16.7. The Morgan fingerprint density at radius 2 is 1.39 bits per heavy atom. The van der Waals surface area contributed by atoms with E-state index in [1.807, 2.05) is 60.8 Å². The Kier molecular flexibility index (Phi) is 4.13. The molecule has 0 amide bonds. The molecular formula is C19H22BNO2. The molecule has 0 aromatic heterocycles. The fourth-order valence-corrected chi connectivity index (χ4v) is 2.38. The lowest BCUT2D eigenvalue weighted by Gasteiger charge is -2.32. The molecule has 0 bridgehead atoms. The normalized spacial score (nSPS) is 19.4. The van der Waals surface area contributed by atoms with Gasteiger partial charge in [0.25, 0.3) is 0 Å². The van der Waals surface area contributed by atoms with Gasteiger partial charge in [0, 0.05) is 6.21 Å². The molecule has 1 fully saturated rings. The van der Waals surface area contributed by atoms with Gasteiger partial charge in [-0.05, 0) is 50.9 Å². The van der Waals surface area contributed by atoms with Crippen LogP contribution < -0.4 is 5.46 Å². The topological polar surface area (TPSA) is 30.8 Å². The summed E-state index contributed by atoms with van der Waals surface area (Å²) in [4.78, 5) is 4.46. The van der Waals surface area contributed by atoms with Crippen LogP contribution >= 0.6 is 0 Å². The maximum absolute atomic E-state index is 6.06. The number of para-hydroxylation sites is 1. The molecule has 3 nitrogen and oxygen atoms in total. The molecule has 0 spiro atoms. The highest BCUT2D eigenvalue weighted by Gasteiger charge is 2.51. The number of nitrogens with zero attached hydrogens (tertiary/aromatic N) is 1. The molecule has 3 rings (SSSR count). The van der Waals surface area contributed by atoms with Crippen LogP contribution in [0.5, 0.6) is 0 Å². The van der Waals surface area contributed by atoms with E-state index in [1.165, 1.54) is 0 Å². The first-order chi connectivity index (χ1) is 10.9. The summed E-state index contributed by atoms with van der Waals surface area (Å²) in [6.07, 6.45) is 1.86. The SMILES string of the molecule is CC1(C)OB(c2ccc(C=Nc3ccccc3)cc2)OC1(C)C. The Labute approximate surface area is 138 Å². The number of benzene rings is 2. The smallest absolute Gasteiger partial charge is 0.399 e. The maximum Gasteiger partial charge on any atom is 0.494 e. The third-order valence-electron chi connectivity index (χ3n) is 4.58. The lowest BCUT2D eigenvalue weighted by Crippen LogP contribution is -2.41. The fourth-order valence-electron chi connectivity index (χ4n) is 2.38. The van der Waals surface area contributed by atoms with Crippen molar-refractivity contribution in [2.45, 2.75) is 38.9 Å². The molecule has 0 atom stereocenters. The van der Waals surface area contributed by atoms with Crippen LogP contribution in [0.3, 0.4) is 0 Å². The Balaban J connectivity index is 1.72. The van der Waals surface area contributed by atoms with Gasteiger partial charge in [0.1, 0.15) is 0 Å². The molecular weight excluding hydrogens is 285 g/mol. The lowest BCUT2D eigenvalue weighted by atomic mass is 9.79. The molecule has 1 aliphatic heterocycles. The van der Waals surface area contributed by atoms with Gasteiger partial charge >= 0.3 is 7.12 Å². The lowest BCUT2D eigenvalue weighted by molar-refractivity contribution is 0.00578. The van der Waals surface area contributed by atoms with Crippen LogP contribution in [-0.4, -0.2) is 24.5 Å². The molecule has 0 aliphatic carbocycles. The summed E-state index contributed by atoms with van der Waals surface area (Å²) >= 11 is 0. The van der Waals surface area contributed by atoms with E-state index in [-0.39, 0.29) is 18.3 Å². The molecule has 118 valence electrons. The molecule has 0 saturated carbocycles. The zero-order valence-electron chi connectivity index (χ0n) is 14.1. The molecule has 4 heteroatoms. The van der Waals surface area contributed by atoms with E-state index in [0.717, 1.165) is 16.7 Å². The van der Waals surface area contributed by atoms with E-state index in [2.05, 4.69) is 32.7 Å². The zero-order valence-corrected chi connectivity index (χ0v) is 14.1. The van der Waals surface area contributed by atoms with Crippen LogP contribution in [0.2, 0.25) is 0 Å². The molecule has 0 unspecified atom stereocenters. The predicted molar refractivity (Wildman–Crippen MR) is 95.9 cm³/mol. The third kappa shape index (κ3) is 3.38. The summed E-state index contributed by atoms with van der Waals surface area (Å²) in [5, 5.41) is 0. The average Bonchev–Trinajstić information content (AvgIpc) is 2.75. The number of hydrogen-bond acceptors (Lipinski definition) is 3. The first kappa shape index (κ1) is 16.0. The summed E-state index contributed by atoms with van der Waals surface area (Å²) in [7, 11) is -0.319. The molecule has 1 aliphatic rings. The van der Waals surface area contributed by atoms with E-state index in [4.69, 9.17) is 9.31 Å². The van der Waals surface area contributed by atoms with E-state index in [1.54, 1.807) is 0 Å². The van der Waals surface area contributed by atoms with Gasteiger partial charge in [-0.1, -0.05) is 42.5 Å². The summed E-state index contributed by atoms with van der Waals surface area (Å²) in [6.45, 7) is 8.25. The molecule has 2 aromatic carbocycles. The van der Waals surface area contributed by atoms with Crippen molar-refractivity contribution in [3.05, 3.63) is 60.2 Å². The van der Waals surface area contributed by atoms with Crippen LogP contribution in [0.25, 0.3) is 0 Å². The standard InChI is InChI=1S/C19H22BNO2/c1-18(2)19(3,4)23-20(22-18)16-12-10-15(11-13-16)14-21-17-8-6-5-7-9-17/h5-14H,1-4H3. The van der Waals surface area contributed by atoms with Crippen molar-refractivity contribution in [3.8, 4) is 0 Å². The van der Waals surface area contributed by atoms with Crippen LogP contribution in [0.4, 0.5) is 5.69 Å². The van der Waals surface area contributed by atoms with Gasteiger partial charge in [0.2, 0.25) is 0 Å². The van der Waals surface area contributed by atoms with Crippen molar-refractivity contribution in [2.75, 3.05) is 0 Å². The molecule has 23 heavy (non-hydrogen) atoms. The molecule has 1 saturated heterocycles. The monoisotopic (exact) mass is 307 g/mol. The van der Waals surface area contributed by atoms with Gasteiger partial charge in [0.05, 0.1) is 16.9 Å². The first-order valence-electron chi connectivity index (χ1n) is 7.92. The fraction of sp³-hybridized carbons (Fsp3) is 0.316. The Bertz CT molecular complexity index is 677. The maximum atomic E-state index is 6.06. The minimum Gasteiger partial charge on any atom is -0.399 e. The van der Waals surface area contributed by atoms with Gasteiger partial charge in [0.15, 0.2) is 0 Å². The van der Waals surface area contributed by atoms with Crippen molar-refractivity contribution in [3.63, 3.8) is 0 Å². The van der Waals surface area contributed by atoms with Crippen molar-refractivity contribution >= 4 is 24.5 Å². The van der Waals surface area contributed by atoms with Crippen molar-refractivity contribution in [2.24, 2.45) is 4.99 Å². The Morgan fingerprint density at radius 1 is 0.826 bits per heavy atom. The van der Waals surface area contributed by atoms with Gasteiger partial charge in [-0.2, -0.15) is 0 Å². The highest BCUT2D eigenvalue weighted by molar-refractivity contribution is 6.62. The second-order valence-electron chi connectivity index (χ2n) is 6.85. The van der Waals surface area contributed by atoms with Crippen LogP contribution in [0.15, 0.2) is 59.6 Å². The van der Waals surface area contributed by atoms with Crippen LogP contribution in [-0.2, 0) is 9.31 Å². The van der Waals surface area contributed by atoms with Gasteiger partial charge < -0.3 is 9.31 Å². The quantitative estimate of drug-likeness (QED) is 0.639. The molecule has 0 radical (unpaired) electrons. The number of aliphatic imine (C=N–C) groups is 1. The summed E-state index contributed by atoms with van der Waals surface area (Å²) in [5.41, 5.74) is 2.40. The van der Waals surface area contributed by atoms with Gasteiger partial charge in [-0.3, -0.25) is 4.99 Å². The van der Waals surface area contributed by atoms with Crippen LogP contribution in [0, 0.1) is 0 Å². The van der Waals surface area contributed by atoms with Crippen molar-refractivity contribution in [1.29, 1.82) is 0 Å². The van der Waals surface area contributed by atoms with E-state index in [0.29, 0.717) is 0 Å². The average molecular weight is 307 g/mol. The summed E-state index contributed by atoms with van der Waals surface area (Å²) in [5.74, 6) is 0. The zero-order chi connectivity index (χ0) is 16.5. The minimum absolute atomic E-state index is 0.314. The summed E-state index contributed by atoms with van der Waals surface area (Å²) < 4.78 is 12.1. The summed E-state index contributed by atoms with van der Waals surface area (Å²) in [6, 6.07) is 18.0. The molecule has 1 heterocycles. The second kappa shape index (κ2) is 5.95. The largest absolute Gasteiger partial charge is 0.494 e. The highest BCUT2D eigenvalue weighted by Crippen LogP contribution is 2.36. The number of rotatable bonds is 3. The van der Waals surface area contributed by atoms with Crippen LogP contribution in [0.1, 0.15) is 33.3 Å². The van der Waals surface area contributed by atoms with Crippen molar-refractivity contribution in [1.82, 2.24) is 0 Å². The van der Waals surface area contributed by atoms with Gasteiger partial charge in [-0.15, -0.1) is 0 Å². The first-order valence-corrected chi connectivity index (χ1v) is 7.92. The van der Waals surface area contributed by atoms with E-state index < -0.39 is 0 Å². The Morgan fingerprint density at radius 3 is 1.96 bits per heavy atom.